The number of nitrogens with one attached hydrogen (secondary N) is 1. The largest absolute Gasteiger partial charge is 0.496 e. The fourth-order valence-corrected chi connectivity index (χ4v) is 3.69. The molecule has 0 bridgehead atoms. The lowest BCUT2D eigenvalue weighted by Crippen LogP contribution is -2.31. The predicted molar refractivity (Wildman–Crippen MR) is 101 cm³/mol. The number of rotatable bonds is 6. The Balaban J connectivity index is 1.63. The van der Waals surface area contributed by atoms with E-state index in [0.29, 0.717) is 5.78 Å². The van der Waals surface area contributed by atoms with Crippen LogP contribution in [0, 0.1) is 6.92 Å². The Hall–Kier alpha value is -2.67. The smallest absolute Gasteiger partial charge is 0.254 e. The normalized spacial score (nSPS) is 16.1. The molecule has 1 aliphatic rings. The molecular formula is C19H24N6O. The van der Waals surface area contributed by atoms with Crippen molar-refractivity contribution in [1.29, 1.82) is 0 Å². The van der Waals surface area contributed by atoms with Crippen LogP contribution in [0.1, 0.15) is 30.1 Å². The average Bonchev–Trinajstić information content (AvgIpc) is 3.34. The van der Waals surface area contributed by atoms with Crippen molar-refractivity contribution < 1.29 is 4.74 Å². The highest BCUT2D eigenvalue weighted by atomic mass is 16.5. The van der Waals surface area contributed by atoms with Crippen LogP contribution in [0.5, 0.6) is 5.75 Å². The van der Waals surface area contributed by atoms with E-state index in [0.717, 1.165) is 36.9 Å². The van der Waals surface area contributed by atoms with E-state index in [2.05, 4.69) is 37.4 Å². The van der Waals surface area contributed by atoms with Crippen LogP contribution in [0.25, 0.3) is 5.78 Å². The molecule has 1 aliphatic heterocycles. The van der Waals surface area contributed by atoms with Crippen molar-refractivity contribution >= 4 is 11.6 Å². The zero-order chi connectivity index (χ0) is 17.9. The molecule has 0 radical (unpaired) electrons. The van der Waals surface area contributed by atoms with Crippen LogP contribution in [0.15, 0.2) is 36.7 Å². The van der Waals surface area contributed by atoms with Gasteiger partial charge in [-0.05, 0) is 38.9 Å². The maximum Gasteiger partial charge on any atom is 0.254 e. The summed E-state index contributed by atoms with van der Waals surface area (Å²) in [7, 11) is 1.73. The number of benzene rings is 1. The number of para-hydroxylation sites is 1. The second-order valence-corrected chi connectivity index (χ2v) is 6.64. The van der Waals surface area contributed by atoms with Gasteiger partial charge in [0.2, 0.25) is 0 Å². The molecule has 26 heavy (non-hydrogen) atoms. The number of hydrogen-bond donors (Lipinski definition) is 1. The third-order valence-corrected chi connectivity index (χ3v) is 4.94. The van der Waals surface area contributed by atoms with Gasteiger partial charge in [0.1, 0.15) is 17.9 Å². The van der Waals surface area contributed by atoms with Crippen molar-refractivity contribution in [1.82, 2.24) is 24.5 Å². The number of likely N-dealkylation sites (tertiary alicyclic amines) is 1. The minimum absolute atomic E-state index is 0.237. The average molecular weight is 352 g/mol. The molecule has 0 aliphatic carbocycles. The van der Waals surface area contributed by atoms with Crippen LogP contribution < -0.4 is 10.1 Å². The molecule has 1 saturated heterocycles. The Kier molecular flexibility index (Phi) is 4.71. The predicted octanol–water partition coefficient (Wildman–Crippen LogP) is 2.69. The molecule has 3 aromatic rings. The Morgan fingerprint density at radius 1 is 1.23 bits per heavy atom. The van der Waals surface area contributed by atoms with E-state index in [1.54, 1.807) is 11.6 Å². The maximum absolute atomic E-state index is 5.62. The zero-order valence-electron chi connectivity index (χ0n) is 15.2. The summed E-state index contributed by atoms with van der Waals surface area (Å²) in [5.41, 5.74) is 2.13. The van der Waals surface area contributed by atoms with Crippen LogP contribution >= 0.6 is 0 Å². The van der Waals surface area contributed by atoms with E-state index >= 15 is 0 Å². The second kappa shape index (κ2) is 7.29. The number of hydrogen-bond acceptors (Lipinski definition) is 6. The standard InChI is InChI=1S/C19H24N6O/c1-14-11-18(25-19(23-14)21-13-22-25)20-12-16(24-9-5-6-10-24)15-7-3-4-8-17(15)26-2/h3-4,7-8,11,13,16,20H,5-6,9-10,12H2,1-2H3/t16-/m0/s1. The van der Waals surface area contributed by atoms with Gasteiger partial charge in [-0.3, -0.25) is 4.90 Å². The Morgan fingerprint density at radius 3 is 2.85 bits per heavy atom. The van der Waals surface area contributed by atoms with Gasteiger partial charge < -0.3 is 10.1 Å². The summed E-state index contributed by atoms with van der Waals surface area (Å²) >= 11 is 0. The van der Waals surface area contributed by atoms with E-state index in [1.165, 1.54) is 24.7 Å². The molecule has 0 spiro atoms. The lowest BCUT2D eigenvalue weighted by atomic mass is 10.0. The molecule has 1 fully saturated rings. The number of methoxy groups -OCH3 is 1. The summed E-state index contributed by atoms with van der Waals surface area (Å²) in [5.74, 6) is 2.45. The Morgan fingerprint density at radius 2 is 2.04 bits per heavy atom. The van der Waals surface area contributed by atoms with Crippen molar-refractivity contribution in [3.05, 3.63) is 47.9 Å². The Labute approximate surface area is 153 Å². The second-order valence-electron chi connectivity index (χ2n) is 6.64. The van der Waals surface area contributed by atoms with Gasteiger partial charge in [0, 0.05) is 23.9 Å². The quantitative estimate of drug-likeness (QED) is 0.736. The van der Waals surface area contributed by atoms with Gasteiger partial charge in [0.25, 0.3) is 5.78 Å². The number of nitrogens with zero attached hydrogens (tertiary/aromatic N) is 5. The third kappa shape index (κ3) is 3.22. The van der Waals surface area contributed by atoms with Gasteiger partial charge in [-0.15, -0.1) is 0 Å². The van der Waals surface area contributed by atoms with Crippen LogP contribution in [-0.4, -0.2) is 51.2 Å². The first-order valence-corrected chi connectivity index (χ1v) is 9.04. The lowest BCUT2D eigenvalue weighted by Gasteiger charge is -2.29. The summed E-state index contributed by atoms with van der Waals surface area (Å²) in [5, 5.41) is 7.85. The molecule has 1 atom stereocenters. The first-order valence-electron chi connectivity index (χ1n) is 9.04. The minimum Gasteiger partial charge on any atom is -0.496 e. The van der Waals surface area contributed by atoms with Crippen molar-refractivity contribution in [3.8, 4) is 5.75 Å². The van der Waals surface area contributed by atoms with Crippen molar-refractivity contribution in [2.45, 2.75) is 25.8 Å². The summed E-state index contributed by atoms with van der Waals surface area (Å²) < 4.78 is 7.37. The van der Waals surface area contributed by atoms with Gasteiger partial charge in [0.05, 0.1) is 13.2 Å². The van der Waals surface area contributed by atoms with E-state index in [4.69, 9.17) is 4.74 Å². The number of aryl methyl sites for hydroxylation is 1. The van der Waals surface area contributed by atoms with Gasteiger partial charge in [0.15, 0.2) is 0 Å². The molecule has 0 saturated carbocycles. The SMILES string of the molecule is COc1ccccc1[C@H](CNc1cc(C)nc2ncnn12)N1CCCC1. The summed E-state index contributed by atoms with van der Waals surface area (Å²) in [6.45, 7) is 4.95. The molecule has 7 heteroatoms. The third-order valence-electron chi connectivity index (χ3n) is 4.94. The molecule has 1 aromatic carbocycles. The monoisotopic (exact) mass is 352 g/mol. The molecule has 7 nitrogen and oxygen atoms in total. The van der Waals surface area contributed by atoms with E-state index < -0.39 is 0 Å². The zero-order valence-corrected chi connectivity index (χ0v) is 15.2. The highest BCUT2D eigenvalue weighted by Crippen LogP contribution is 2.32. The van der Waals surface area contributed by atoms with Crippen LogP contribution in [0.2, 0.25) is 0 Å². The molecule has 0 amide bonds. The number of fused-ring (bicyclic) bond motifs is 1. The molecular weight excluding hydrogens is 328 g/mol. The van der Waals surface area contributed by atoms with Crippen molar-refractivity contribution in [2.75, 3.05) is 32.1 Å². The van der Waals surface area contributed by atoms with E-state index in [-0.39, 0.29) is 6.04 Å². The van der Waals surface area contributed by atoms with Crippen LogP contribution in [0.4, 0.5) is 5.82 Å². The minimum atomic E-state index is 0.237. The van der Waals surface area contributed by atoms with Gasteiger partial charge in [-0.25, -0.2) is 4.98 Å². The molecule has 4 rings (SSSR count). The summed E-state index contributed by atoms with van der Waals surface area (Å²) in [4.78, 5) is 11.1. The van der Waals surface area contributed by atoms with Gasteiger partial charge in [-0.1, -0.05) is 18.2 Å². The van der Waals surface area contributed by atoms with Gasteiger partial charge in [-0.2, -0.15) is 14.6 Å². The first-order chi connectivity index (χ1) is 12.8. The highest BCUT2D eigenvalue weighted by molar-refractivity contribution is 5.45. The molecule has 136 valence electrons. The van der Waals surface area contributed by atoms with Gasteiger partial charge >= 0.3 is 0 Å². The van der Waals surface area contributed by atoms with E-state index in [9.17, 15) is 0 Å². The topological polar surface area (TPSA) is 67.6 Å². The number of anilines is 1. The number of aromatic nitrogens is 4. The number of ether oxygens (including phenoxy) is 1. The fourth-order valence-electron chi connectivity index (χ4n) is 3.69. The molecule has 1 N–H and O–H groups in total. The Bertz CT molecular complexity index is 887. The first kappa shape index (κ1) is 16.8. The molecule has 0 unspecified atom stereocenters. The van der Waals surface area contributed by atoms with Crippen LogP contribution in [-0.2, 0) is 0 Å². The lowest BCUT2D eigenvalue weighted by molar-refractivity contribution is 0.249. The summed E-state index contributed by atoms with van der Waals surface area (Å²) in [6, 6.07) is 10.5. The summed E-state index contributed by atoms with van der Waals surface area (Å²) in [6.07, 6.45) is 4.02. The van der Waals surface area contributed by atoms with Crippen LogP contribution in [0.3, 0.4) is 0 Å². The molecule has 3 heterocycles. The molecule has 2 aromatic heterocycles. The van der Waals surface area contributed by atoms with Crippen molar-refractivity contribution in [2.24, 2.45) is 0 Å². The van der Waals surface area contributed by atoms with E-state index in [1.807, 2.05) is 25.1 Å². The highest BCUT2D eigenvalue weighted by Gasteiger charge is 2.26. The maximum atomic E-state index is 5.62. The van der Waals surface area contributed by atoms with Crippen molar-refractivity contribution in [3.63, 3.8) is 0 Å². The fraction of sp³-hybridized carbons (Fsp3) is 0.421.